The topological polar surface area (TPSA) is 57.2 Å². The summed E-state index contributed by atoms with van der Waals surface area (Å²) in [4.78, 5) is 23.0. The van der Waals surface area contributed by atoms with E-state index in [1.165, 1.54) is 5.56 Å². The Morgan fingerprint density at radius 1 is 1.00 bits per heavy atom. The van der Waals surface area contributed by atoms with Gasteiger partial charge in [-0.25, -0.2) is 0 Å². The number of hydrogen-bond donors (Lipinski definition) is 1. The maximum absolute atomic E-state index is 13.0. The van der Waals surface area contributed by atoms with Crippen LogP contribution in [0.3, 0.4) is 0 Å². The molecule has 2 heterocycles. The smallest absolute Gasteiger partial charge is 0.253 e. The first-order chi connectivity index (χ1) is 16.7. The van der Waals surface area contributed by atoms with Crippen LogP contribution in [-0.2, 0) is 6.42 Å². The van der Waals surface area contributed by atoms with Gasteiger partial charge in [0.25, 0.3) is 5.91 Å². The molecular formula is C27H28N4O2S. The molecule has 34 heavy (non-hydrogen) atoms. The molecule has 2 aliphatic heterocycles. The average Bonchev–Trinajstić information content (AvgIpc) is 2.92. The summed E-state index contributed by atoms with van der Waals surface area (Å²) >= 11 is 1.56. The number of methoxy groups -OCH3 is 1. The molecule has 5 rings (SSSR count). The summed E-state index contributed by atoms with van der Waals surface area (Å²) in [5.41, 5.74) is 5.16. The second-order valence-corrected chi connectivity index (χ2v) is 9.22. The normalized spacial score (nSPS) is 15.1. The van der Waals surface area contributed by atoms with Crippen molar-refractivity contribution in [3.8, 4) is 5.75 Å². The van der Waals surface area contributed by atoms with Crippen molar-refractivity contribution in [2.24, 2.45) is 4.99 Å². The largest absolute Gasteiger partial charge is 0.497 e. The number of aliphatic imine (C=N–C) groups is 1. The molecule has 2 aliphatic rings. The number of amides is 1. The monoisotopic (exact) mass is 472 g/mol. The number of fused-ring (bicyclic) bond motifs is 1. The molecule has 1 amide bonds. The van der Waals surface area contributed by atoms with E-state index in [0.717, 1.165) is 53.6 Å². The molecule has 0 aliphatic carbocycles. The lowest BCUT2D eigenvalue weighted by molar-refractivity contribution is 0.0747. The summed E-state index contributed by atoms with van der Waals surface area (Å²) in [5, 5.41) is 0. The number of carbonyl (C=O) groups is 1. The van der Waals surface area contributed by atoms with Crippen LogP contribution in [0.5, 0.6) is 5.75 Å². The summed E-state index contributed by atoms with van der Waals surface area (Å²) in [5.74, 6) is 0.929. The molecule has 0 atom stereocenters. The third kappa shape index (κ3) is 4.89. The van der Waals surface area contributed by atoms with Crippen molar-refractivity contribution < 1.29 is 9.53 Å². The van der Waals surface area contributed by atoms with E-state index in [2.05, 4.69) is 38.9 Å². The lowest BCUT2D eigenvalue weighted by atomic mass is 10.1. The third-order valence-electron chi connectivity index (χ3n) is 6.24. The molecule has 0 saturated carbocycles. The van der Waals surface area contributed by atoms with E-state index in [4.69, 9.17) is 4.74 Å². The molecule has 174 valence electrons. The zero-order chi connectivity index (χ0) is 23.3. The van der Waals surface area contributed by atoms with E-state index in [-0.39, 0.29) is 5.91 Å². The quantitative estimate of drug-likeness (QED) is 0.485. The van der Waals surface area contributed by atoms with E-state index in [0.29, 0.717) is 18.7 Å². The Morgan fingerprint density at radius 2 is 1.79 bits per heavy atom. The average molecular weight is 473 g/mol. The number of anilines is 2. The molecule has 3 aromatic carbocycles. The molecule has 0 radical (unpaired) electrons. The number of benzene rings is 3. The second kappa shape index (κ2) is 10.2. The maximum atomic E-state index is 13.0. The Labute approximate surface area is 204 Å². The van der Waals surface area contributed by atoms with Crippen molar-refractivity contribution in [2.45, 2.75) is 17.7 Å². The van der Waals surface area contributed by atoms with Gasteiger partial charge in [-0.3, -0.25) is 9.79 Å². The van der Waals surface area contributed by atoms with Crippen LogP contribution in [0, 0.1) is 0 Å². The molecule has 0 aromatic heterocycles. The number of ether oxygens (including phenoxy) is 1. The van der Waals surface area contributed by atoms with Gasteiger partial charge in [-0.1, -0.05) is 18.2 Å². The molecule has 0 unspecified atom stereocenters. The van der Waals surface area contributed by atoms with Crippen molar-refractivity contribution >= 4 is 41.1 Å². The van der Waals surface area contributed by atoms with Crippen molar-refractivity contribution in [2.75, 3.05) is 42.9 Å². The highest BCUT2D eigenvalue weighted by Crippen LogP contribution is 2.35. The van der Waals surface area contributed by atoms with Crippen LogP contribution in [-0.4, -0.2) is 50.3 Å². The van der Waals surface area contributed by atoms with Gasteiger partial charge in [-0.2, -0.15) is 0 Å². The lowest BCUT2D eigenvalue weighted by Gasteiger charge is -2.36. The van der Waals surface area contributed by atoms with Crippen molar-refractivity contribution in [1.82, 2.24) is 4.90 Å². The Kier molecular flexibility index (Phi) is 6.72. The Balaban J connectivity index is 1.17. The Hall–Kier alpha value is -3.45. The van der Waals surface area contributed by atoms with Gasteiger partial charge >= 0.3 is 0 Å². The molecule has 0 spiro atoms. The van der Waals surface area contributed by atoms with E-state index in [9.17, 15) is 4.79 Å². The van der Waals surface area contributed by atoms with Crippen molar-refractivity contribution in [3.05, 3.63) is 77.9 Å². The van der Waals surface area contributed by atoms with Gasteiger partial charge in [-0.05, 0) is 72.8 Å². The second-order valence-electron chi connectivity index (χ2n) is 8.38. The maximum Gasteiger partial charge on any atom is 0.253 e. The summed E-state index contributed by atoms with van der Waals surface area (Å²) in [7, 11) is 1.68. The minimum absolute atomic E-state index is 0.0796. The zero-order valence-corrected chi connectivity index (χ0v) is 20.1. The summed E-state index contributed by atoms with van der Waals surface area (Å²) in [6.45, 7) is 3.01. The number of rotatable bonds is 6. The predicted molar refractivity (Wildman–Crippen MR) is 140 cm³/mol. The minimum atomic E-state index is 0.0796. The van der Waals surface area contributed by atoms with Gasteiger partial charge in [0, 0.05) is 55.4 Å². The van der Waals surface area contributed by atoms with Gasteiger partial charge in [0.15, 0.2) is 0 Å². The summed E-state index contributed by atoms with van der Waals surface area (Å²) in [6.07, 6.45) is 4.03. The fraction of sp³-hybridized carbons (Fsp3) is 0.259. The highest BCUT2D eigenvalue weighted by Gasteiger charge is 2.22. The SMILES string of the molecule is COc1cccc(N2CCN(C(=O)c3ccc(NSc4cccc5c4N=CCC5)cc3)CC2)c1. The van der Waals surface area contributed by atoms with Crippen LogP contribution in [0.2, 0.25) is 0 Å². The van der Waals surface area contributed by atoms with Gasteiger partial charge in [0.1, 0.15) is 5.75 Å². The van der Waals surface area contributed by atoms with Gasteiger partial charge in [-0.15, -0.1) is 0 Å². The highest BCUT2D eigenvalue weighted by molar-refractivity contribution is 8.00. The van der Waals surface area contributed by atoms with Crippen LogP contribution in [0.4, 0.5) is 17.1 Å². The van der Waals surface area contributed by atoms with Crippen LogP contribution >= 0.6 is 11.9 Å². The van der Waals surface area contributed by atoms with Gasteiger partial charge < -0.3 is 19.3 Å². The first kappa shape index (κ1) is 22.3. The first-order valence-corrected chi connectivity index (χ1v) is 12.4. The minimum Gasteiger partial charge on any atom is -0.497 e. The van der Waals surface area contributed by atoms with Crippen LogP contribution in [0.15, 0.2) is 76.6 Å². The number of hydrogen-bond acceptors (Lipinski definition) is 6. The number of carbonyl (C=O) groups excluding carboxylic acids is 1. The molecule has 6 nitrogen and oxygen atoms in total. The van der Waals surface area contributed by atoms with Crippen LogP contribution in [0.25, 0.3) is 0 Å². The number of nitrogens with one attached hydrogen (secondary N) is 1. The van der Waals surface area contributed by atoms with E-state index in [1.54, 1.807) is 19.1 Å². The fourth-order valence-corrected chi connectivity index (χ4v) is 5.12. The lowest BCUT2D eigenvalue weighted by Crippen LogP contribution is -2.48. The Morgan fingerprint density at radius 3 is 2.59 bits per heavy atom. The van der Waals surface area contributed by atoms with E-state index in [1.807, 2.05) is 53.6 Å². The standard InChI is InChI=1S/C27H28N4O2S/c1-33-24-8-3-7-23(19-24)30-15-17-31(18-16-30)27(32)21-10-12-22(13-11-21)29-34-25-9-2-5-20-6-4-14-28-26(20)25/h2-3,5,7-14,19,29H,4,6,15-18H2,1H3. The van der Waals surface area contributed by atoms with Gasteiger partial charge in [0.05, 0.1) is 17.7 Å². The van der Waals surface area contributed by atoms with Crippen molar-refractivity contribution in [1.29, 1.82) is 0 Å². The predicted octanol–water partition coefficient (Wildman–Crippen LogP) is 5.43. The molecule has 1 N–H and O–H groups in total. The summed E-state index contributed by atoms with van der Waals surface area (Å²) in [6, 6.07) is 22.1. The highest BCUT2D eigenvalue weighted by atomic mass is 32.2. The van der Waals surface area contributed by atoms with Gasteiger partial charge in [0.2, 0.25) is 0 Å². The summed E-state index contributed by atoms with van der Waals surface area (Å²) < 4.78 is 8.73. The molecule has 0 bridgehead atoms. The zero-order valence-electron chi connectivity index (χ0n) is 19.2. The first-order valence-electron chi connectivity index (χ1n) is 11.6. The number of nitrogens with zero attached hydrogens (tertiary/aromatic N) is 3. The molecule has 3 aromatic rings. The molecule has 1 saturated heterocycles. The molecular weight excluding hydrogens is 444 g/mol. The van der Waals surface area contributed by atoms with E-state index < -0.39 is 0 Å². The fourth-order valence-electron chi connectivity index (χ4n) is 4.33. The van der Waals surface area contributed by atoms with Crippen LogP contribution in [0.1, 0.15) is 22.3 Å². The third-order valence-corrected chi connectivity index (χ3v) is 7.13. The molecule has 1 fully saturated rings. The Bertz CT molecular complexity index is 1190. The number of para-hydroxylation sites is 1. The molecule has 7 heteroatoms. The van der Waals surface area contributed by atoms with Crippen molar-refractivity contribution in [3.63, 3.8) is 0 Å². The van der Waals surface area contributed by atoms with E-state index >= 15 is 0 Å². The van der Waals surface area contributed by atoms with Crippen LogP contribution < -0.4 is 14.4 Å². The number of aryl methyl sites for hydroxylation is 1. The number of piperazine rings is 1.